The number of hydrogen-bond acceptors (Lipinski definition) is 4. The van der Waals surface area contributed by atoms with Crippen LogP contribution in [-0.2, 0) is 19.1 Å². The van der Waals surface area contributed by atoms with Gasteiger partial charge in [0.15, 0.2) is 6.10 Å². The zero-order valence-corrected chi connectivity index (χ0v) is 13.4. The summed E-state index contributed by atoms with van der Waals surface area (Å²) in [5.41, 5.74) is 0.869. The highest BCUT2D eigenvalue weighted by Crippen LogP contribution is 2.25. The van der Waals surface area contributed by atoms with Crippen LogP contribution in [0.5, 0.6) is 0 Å². The summed E-state index contributed by atoms with van der Waals surface area (Å²) < 4.78 is 11.3. The van der Waals surface area contributed by atoms with Gasteiger partial charge in [-0.2, -0.15) is 0 Å². The Morgan fingerprint density at radius 1 is 1.17 bits per heavy atom. The van der Waals surface area contributed by atoms with Crippen LogP contribution < -0.4 is 5.32 Å². The molecule has 1 aromatic carbocycles. The van der Waals surface area contributed by atoms with Crippen molar-refractivity contribution in [2.45, 2.75) is 38.2 Å². The highest BCUT2D eigenvalue weighted by Gasteiger charge is 2.40. The van der Waals surface area contributed by atoms with Gasteiger partial charge in [-0.25, -0.2) is 0 Å². The Bertz CT molecular complexity index is 567. The summed E-state index contributed by atoms with van der Waals surface area (Å²) in [6.07, 6.45) is -0.709. The summed E-state index contributed by atoms with van der Waals surface area (Å²) in [5.74, 6) is -0.299. The Labute approximate surface area is 135 Å². The van der Waals surface area contributed by atoms with E-state index in [1.165, 1.54) is 0 Å². The normalized spacial score (nSPS) is 31.6. The van der Waals surface area contributed by atoms with Crippen molar-refractivity contribution in [1.82, 2.24) is 10.2 Å². The van der Waals surface area contributed by atoms with E-state index in [9.17, 15) is 9.59 Å². The molecule has 2 heterocycles. The number of benzene rings is 1. The Kier molecular flexibility index (Phi) is 4.63. The molecule has 0 unspecified atom stereocenters. The van der Waals surface area contributed by atoms with Crippen molar-refractivity contribution in [1.29, 1.82) is 0 Å². The molecule has 0 spiro atoms. The van der Waals surface area contributed by atoms with Gasteiger partial charge in [0.25, 0.3) is 5.91 Å². The van der Waals surface area contributed by atoms with Crippen molar-refractivity contribution in [3.05, 3.63) is 35.9 Å². The molecule has 124 valence electrons. The van der Waals surface area contributed by atoms with Gasteiger partial charge in [-0.1, -0.05) is 30.3 Å². The summed E-state index contributed by atoms with van der Waals surface area (Å²) in [5, 5.41) is 2.88. The maximum absolute atomic E-state index is 12.9. The summed E-state index contributed by atoms with van der Waals surface area (Å²) in [7, 11) is 0. The molecule has 2 aliphatic rings. The maximum Gasteiger partial charge on any atom is 0.254 e. The van der Waals surface area contributed by atoms with E-state index in [2.05, 4.69) is 5.32 Å². The van der Waals surface area contributed by atoms with Crippen LogP contribution in [-0.4, -0.2) is 54.7 Å². The van der Waals surface area contributed by atoms with Crippen LogP contribution in [0.25, 0.3) is 0 Å². The second-order valence-corrected chi connectivity index (χ2v) is 6.19. The third-order valence-corrected chi connectivity index (χ3v) is 4.15. The molecule has 6 heteroatoms. The van der Waals surface area contributed by atoms with Gasteiger partial charge < -0.3 is 19.7 Å². The predicted molar refractivity (Wildman–Crippen MR) is 83.7 cm³/mol. The third kappa shape index (κ3) is 3.54. The molecule has 2 aliphatic heterocycles. The fraction of sp³-hybridized carbons (Fsp3) is 0.529. The number of nitrogens with zero attached hydrogens (tertiary/aromatic N) is 1. The molecule has 0 aromatic heterocycles. The highest BCUT2D eigenvalue weighted by molar-refractivity contribution is 5.86. The van der Waals surface area contributed by atoms with Gasteiger partial charge in [0.1, 0.15) is 6.61 Å². The Morgan fingerprint density at radius 3 is 2.48 bits per heavy atom. The van der Waals surface area contributed by atoms with E-state index < -0.39 is 12.1 Å². The zero-order valence-electron chi connectivity index (χ0n) is 13.4. The molecule has 6 nitrogen and oxygen atoms in total. The Morgan fingerprint density at radius 2 is 1.83 bits per heavy atom. The second kappa shape index (κ2) is 6.68. The number of carbonyl (C=O) groups excluding carboxylic acids is 2. The maximum atomic E-state index is 12.9. The average molecular weight is 318 g/mol. The summed E-state index contributed by atoms with van der Waals surface area (Å²) in [6.45, 7) is 4.90. The van der Waals surface area contributed by atoms with E-state index >= 15 is 0 Å². The SMILES string of the molecule is C[C@@H]1CN(C(=O)[C@H]2OCC(=O)N[C@@H]2c2ccccc2)C[C@H](C)O1. The molecule has 1 aromatic rings. The van der Waals surface area contributed by atoms with Crippen LogP contribution in [0.1, 0.15) is 25.5 Å². The Hall–Kier alpha value is -1.92. The number of carbonyl (C=O) groups is 2. The quantitative estimate of drug-likeness (QED) is 0.879. The second-order valence-electron chi connectivity index (χ2n) is 6.19. The van der Waals surface area contributed by atoms with Crippen molar-refractivity contribution >= 4 is 11.8 Å². The lowest BCUT2D eigenvalue weighted by atomic mass is 9.98. The van der Waals surface area contributed by atoms with E-state index in [-0.39, 0.29) is 30.6 Å². The van der Waals surface area contributed by atoms with Crippen LogP contribution in [0.2, 0.25) is 0 Å². The lowest BCUT2D eigenvalue weighted by Crippen LogP contribution is -2.57. The fourth-order valence-electron chi connectivity index (χ4n) is 3.22. The molecule has 3 rings (SSSR count). The van der Waals surface area contributed by atoms with Gasteiger partial charge in [-0.05, 0) is 19.4 Å². The van der Waals surface area contributed by atoms with Crippen LogP contribution in [0.15, 0.2) is 30.3 Å². The van der Waals surface area contributed by atoms with Gasteiger partial charge in [0.2, 0.25) is 5.91 Å². The lowest BCUT2D eigenvalue weighted by Gasteiger charge is -2.39. The fourth-order valence-corrected chi connectivity index (χ4v) is 3.22. The standard InChI is InChI=1S/C17H22N2O4/c1-11-8-19(9-12(2)23-11)17(21)16-15(18-14(20)10-22-16)13-6-4-3-5-7-13/h3-7,11-12,15-16H,8-10H2,1-2H3,(H,18,20)/t11-,12+,15-,16+/m1/s1. The molecule has 0 aliphatic carbocycles. The van der Waals surface area contributed by atoms with E-state index in [1.807, 2.05) is 44.2 Å². The van der Waals surface area contributed by atoms with E-state index in [0.717, 1.165) is 5.56 Å². The Balaban J connectivity index is 1.80. The summed E-state index contributed by atoms with van der Waals surface area (Å²) >= 11 is 0. The zero-order chi connectivity index (χ0) is 16.4. The lowest BCUT2D eigenvalue weighted by molar-refractivity contribution is -0.163. The molecular formula is C17H22N2O4. The molecule has 2 amide bonds. The number of rotatable bonds is 2. The molecule has 0 radical (unpaired) electrons. The van der Waals surface area contributed by atoms with E-state index in [1.54, 1.807) is 4.90 Å². The van der Waals surface area contributed by atoms with E-state index in [0.29, 0.717) is 13.1 Å². The van der Waals surface area contributed by atoms with Crippen LogP contribution in [0, 0.1) is 0 Å². The van der Waals surface area contributed by atoms with Crippen molar-refractivity contribution in [3.8, 4) is 0 Å². The molecule has 2 fully saturated rings. The first kappa shape index (κ1) is 16.0. The number of morpholine rings is 2. The van der Waals surface area contributed by atoms with Crippen LogP contribution >= 0.6 is 0 Å². The smallest absolute Gasteiger partial charge is 0.254 e. The summed E-state index contributed by atoms with van der Waals surface area (Å²) in [6, 6.07) is 9.00. The number of amides is 2. The van der Waals surface area contributed by atoms with Gasteiger partial charge >= 0.3 is 0 Å². The van der Waals surface area contributed by atoms with Gasteiger partial charge in [0.05, 0.1) is 18.2 Å². The minimum absolute atomic E-state index is 0.00365. The van der Waals surface area contributed by atoms with Crippen molar-refractivity contribution in [2.24, 2.45) is 0 Å². The minimum Gasteiger partial charge on any atom is -0.372 e. The van der Waals surface area contributed by atoms with Crippen molar-refractivity contribution in [2.75, 3.05) is 19.7 Å². The van der Waals surface area contributed by atoms with Gasteiger partial charge in [0, 0.05) is 13.1 Å². The van der Waals surface area contributed by atoms with Crippen LogP contribution in [0.3, 0.4) is 0 Å². The average Bonchev–Trinajstić information content (AvgIpc) is 2.54. The minimum atomic E-state index is -0.701. The van der Waals surface area contributed by atoms with Crippen LogP contribution in [0.4, 0.5) is 0 Å². The van der Waals surface area contributed by atoms with Gasteiger partial charge in [-0.15, -0.1) is 0 Å². The topological polar surface area (TPSA) is 67.9 Å². The molecule has 4 atom stereocenters. The first-order valence-electron chi connectivity index (χ1n) is 7.94. The number of nitrogens with one attached hydrogen (secondary N) is 1. The molecule has 1 N–H and O–H groups in total. The van der Waals surface area contributed by atoms with Gasteiger partial charge in [-0.3, -0.25) is 9.59 Å². The first-order valence-corrected chi connectivity index (χ1v) is 7.94. The number of hydrogen-bond donors (Lipinski definition) is 1. The van der Waals surface area contributed by atoms with Crippen molar-refractivity contribution in [3.63, 3.8) is 0 Å². The van der Waals surface area contributed by atoms with Crippen molar-refractivity contribution < 1.29 is 19.1 Å². The molecule has 23 heavy (non-hydrogen) atoms. The molecule has 0 saturated carbocycles. The third-order valence-electron chi connectivity index (χ3n) is 4.15. The predicted octanol–water partition coefficient (Wildman–Crippen LogP) is 0.878. The largest absolute Gasteiger partial charge is 0.372 e. The van der Waals surface area contributed by atoms with E-state index in [4.69, 9.17) is 9.47 Å². The summed E-state index contributed by atoms with van der Waals surface area (Å²) in [4.78, 5) is 26.4. The monoisotopic (exact) mass is 318 g/mol. The molecular weight excluding hydrogens is 296 g/mol. The molecule has 0 bridgehead atoms. The highest BCUT2D eigenvalue weighted by atomic mass is 16.5. The molecule has 2 saturated heterocycles. The first-order chi connectivity index (χ1) is 11.0. The number of ether oxygens (including phenoxy) is 2.